The van der Waals surface area contributed by atoms with E-state index in [0.717, 1.165) is 0 Å². The minimum absolute atomic E-state index is 1.26. The monoisotopic (exact) mass is 500 g/mol. The van der Waals surface area contributed by atoms with Crippen molar-refractivity contribution in [1.29, 1.82) is 0 Å². The van der Waals surface area contributed by atoms with E-state index in [2.05, 4.69) is 134 Å². The summed E-state index contributed by atoms with van der Waals surface area (Å²) in [6.07, 6.45) is 0. The van der Waals surface area contributed by atoms with E-state index < -0.39 is 0 Å². The highest BCUT2D eigenvalue weighted by molar-refractivity contribution is 7.26. The predicted octanol–water partition coefficient (Wildman–Crippen LogP) is 11.2. The van der Waals surface area contributed by atoms with Crippen LogP contribution < -0.4 is 0 Å². The first-order chi connectivity index (χ1) is 18.7. The van der Waals surface area contributed by atoms with E-state index in [9.17, 15) is 0 Å². The van der Waals surface area contributed by atoms with Crippen LogP contribution in [0.25, 0.3) is 74.7 Å². The van der Waals surface area contributed by atoms with E-state index in [4.69, 9.17) is 0 Å². The predicted molar refractivity (Wildman–Crippen MR) is 167 cm³/mol. The van der Waals surface area contributed by atoms with Crippen LogP contribution in [0.2, 0.25) is 0 Å². The van der Waals surface area contributed by atoms with Gasteiger partial charge in [-0.3, -0.25) is 0 Å². The molecule has 0 fully saturated rings. The smallest absolute Gasteiger partial charge is 0.0361 e. The lowest BCUT2D eigenvalue weighted by Crippen LogP contribution is -1.85. The van der Waals surface area contributed by atoms with Gasteiger partial charge in [0, 0.05) is 20.2 Å². The fourth-order valence-electron chi connectivity index (χ4n) is 6.07. The second-order valence-electron chi connectivity index (χ2n) is 10.2. The van der Waals surface area contributed by atoms with Gasteiger partial charge in [0.2, 0.25) is 0 Å². The van der Waals surface area contributed by atoms with Crippen molar-refractivity contribution in [2.24, 2.45) is 0 Å². The lowest BCUT2D eigenvalue weighted by atomic mass is 9.91. The summed E-state index contributed by atoms with van der Waals surface area (Å²) >= 11 is 1.88. The molecule has 0 aliphatic rings. The molecule has 0 N–H and O–H groups in total. The second kappa shape index (κ2) is 8.28. The van der Waals surface area contributed by atoms with Crippen LogP contribution in [0, 0.1) is 6.92 Å². The lowest BCUT2D eigenvalue weighted by Gasteiger charge is -2.12. The summed E-state index contributed by atoms with van der Waals surface area (Å²) in [5, 5.41) is 10.6. The van der Waals surface area contributed by atoms with Crippen molar-refractivity contribution in [2.45, 2.75) is 6.92 Å². The minimum Gasteiger partial charge on any atom is -0.135 e. The highest BCUT2D eigenvalue weighted by Gasteiger charge is 2.13. The van der Waals surface area contributed by atoms with Gasteiger partial charge in [0.1, 0.15) is 0 Å². The number of hydrogen-bond donors (Lipinski definition) is 0. The van der Waals surface area contributed by atoms with E-state index in [0.29, 0.717) is 0 Å². The number of fused-ring (bicyclic) bond motifs is 9. The van der Waals surface area contributed by atoms with Crippen molar-refractivity contribution in [3.05, 3.63) is 133 Å². The van der Waals surface area contributed by atoms with Crippen molar-refractivity contribution in [3.63, 3.8) is 0 Å². The Morgan fingerprint density at radius 2 is 0.947 bits per heavy atom. The van der Waals surface area contributed by atoms with Gasteiger partial charge in [-0.05, 0) is 85.8 Å². The van der Waals surface area contributed by atoms with Crippen LogP contribution in [-0.4, -0.2) is 0 Å². The molecular weight excluding hydrogens is 476 g/mol. The quantitative estimate of drug-likeness (QED) is 0.207. The molecule has 0 radical (unpaired) electrons. The highest BCUT2D eigenvalue weighted by atomic mass is 32.1. The molecule has 0 atom stereocenters. The first-order valence-electron chi connectivity index (χ1n) is 13.1. The molecule has 1 heteroatoms. The normalized spacial score (nSPS) is 11.8. The van der Waals surface area contributed by atoms with E-state index in [1.165, 1.54) is 80.3 Å². The van der Waals surface area contributed by atoms with Crippen molar-refractivity contribution >= 4 is 63.8 Å². The highest BCUT2D eigenvalue weighted by Crippen LogP contribution is 2.42. The van der Waals surface area contributed by atoms with Crippen molar-refractivity contribution in [1.82, 2.24) is 0 Å². The molecule has 38 heavy (non-hydrogen) atoms. The maximum Gasteiger partial charge on any atom is 0.0361 e. The van der Waals surface area contributed by atoms with Crippen molar-refractivity contribution < 1.29 is 0 Å². The molecule has 0 nitrogen and oxygen atoms in total. The van der Waals surface area contributed by atoms with E-state index in [-0.39, 0.29) is 0 Å². The Labute approximate surface area is 225 Å². The Morgan fingerprint density at radius 1 is 0.395 bits per heavy atom. The van der Waals surface area contributed by atoms with Crippen LogP contribution in [-0.2, 0) is 0 Å². The summed E-state index contributed by atoms with van der Waals surface area (Å²) in [5.74, 6) is 0. The van der Waals surface area contributed by atoms with Crippen LogP contribution >= 0.6 is 11.3 Å². The Morgan fingerprint density at radius 3 is 1.63 bits per heavy atom. The zero-order chi connectivity index (χ0) is 25.2. The van der Waals surface area contributed by atoms with Gasteiger partial charge in [0.15, 0.2) is 0 Å². The Bertz CT molecular complexity index is 2140. The largest absolute Gasteiger partial charge is 0.135 e. The number of benzene rings is 7. The Balaban J connectivity index is 1.38. The maximum atomic E-state index is 2.40. The zero-order valence-corrected chi connectivity index (χ0v) is 21.8. The van der Waals surface area contributed by atoms with Gasteiger partial charge in [0.25, 0.3) is 0 Å². The fraction of sp³-hybridized carbons (Fsp3) is 0.0270. The van der Waals surface area contributed by atoms with Crippen LogP contribution in [0.3, 0.4) is 0 Å². The minimum atomic E-state index is 1.26. The summed E-state index contributed by atoms with van der Waals surface area (Å²) in [6, 6.07) is 47.2. The molecule has 178 valence electrons. The molecule has 0 saturated carbocycles. The SMILES string of the molecule is Cc1ccc(-c2cccc3sc4ccc(-c5ccc6c7ccccc7c7ccccc7c6c5)cc4c23)cc1. The maximum absolute atomic E-state index is 2.40. The topological polar surface area (TPSA) is 0 Å². The zero-order valence-electron chi connectivity index (χ0n) is 21.0. The molecule has 1 aromatic heterocycles. The van der Waals surface area contributed by atoms with E-state index in [1.807, 2.05) is 11.3 Å². The third-order valence-electron chi connectivity index (χ3n) is 7.94. The molecule has 0 aliphatic heterocycles. The summed E-state index contributed by atoms with van der Waals surface area (Å²) < 4.78 is 2.67. The molecule has 0 bridgehead atoms. The third kappa shape index (κ3) is 3.22. The average Bonchev–Trinajstić information content (AvgIpc) is 3.36. The van der Waals surface area contributed by atoms with Gasteiger partial charge in [-0.2, -0.15) is 0 Å². The van der Waals surface area contributed by atoms with Gasteiger partial charge < -0.3 is 0 Å². The van der Waals surface area contributed by atoms with Crippen molar-refractivity contribution in [3.8, 4) is 22.3 Å². The molecule has 0 aliphatic carbocycles. The lowest BCUT2D eigenvalue weighted by molar-refractivity contribution is 1.47. The van der Waals surface area contributed by atoms with Crippen LogP contribution in [0.15, 0.2) is 127 Å². The summed E-state index contributed by atoms with van der Waals surface area (Å²) in [4.78, 5) is 0. The molecular formula is C37H24S. The van der Waals surface area contributed by atoms with Crippen molar-refractivity contribution in [2.75, 3.05) is 0 Å². The van der Waals surface area contributed by atoms with Gasteiger partial charge in [-0.1, -0.05) is 109 Å². The van der Waals surface area contributed by atoms with Crippen LogP contribution in [0.5, 0.6) is 0 Å². The fourth-order valence-corrected chi connectivity index (χ4v) is 7.18. The molecule has 7 aromatic carbocycles. The first kappa shape index (κ1) is 21.6. The number of rotatable bonds is 2. The Kier molecular flexibility index (Phi) is 4.71. The summed E-state index contributed by atoms with van der Waals surface area (Å²) in [6.45, 7) is 2.15. The van der Waals surface area contributed by atoms with Crippen LogP contribution in [0.1, 0.15) is 5.56 Å². The summed E-state index contributed by atoms with van der Waals surface area (Å²) in [7, 11) is 0. The van der Waals surface area contributed by atoms with Gasteiger partial charge >= 0.3 is 0 Å². The molecule has 8 rings (SSSR count). The number of hydrogen-bond acceptors (Lipinski definition) is 1. The first-order valence-corrected chi connectivity index (χ1v) is 13.9. The number of aryl methyl sites for hydroxylation is 1. The van der Waals surface area contributed by atoms with E-state index in [1.54, 1.807) is 0 Å². The number of thiophene rings is 1. The third-order valence-corrected chi connectivity index (χ3v) is 9.07. The average molecular weight is 501 g/mol. The second-order valence-corrected chi connectivity index (χ2v) is 11.3. The van der Waals surface area contributed by atoms with Crippen LogP contribution in [0.4, 0.5) is 0 Å². The molecule has 8 aromatic rings. The van der Waals surface area contributed by atoms with Gasteiger partial charge in [-0.15, -0.1) is 11.3 Å². The summed E-state index contributed by atoms with van der Waals surface area (Å²) in [5.41, 5.74) is 6.38. The van der Waals surface area contributed by atoms with Gasteiger partial charge in [0.05, 0.1) is 0 Å². The molecule has 0 amide bonds. The molecule has 0 spiro atoms. The van der Waals surface area contributed by atoms with Gasteiger partial charge in [-0.25, -0.2) is 0 Å². The Hall–Kier alpha value is -4.46. The molecule has 0 saturated heterocycles. The standard InChI is InChI=1S/C37H24S/c1-23-13-15-24(16-14-23)27-11-6-12-36-37(27)34-22-26(18-20-35(34)38-36)25-17-19-32-30-9-3-2-7-28(30)29-8-4-5-10-31(29)33(32)21-25/h2-22H,1H3. The molecule has 1 heterocycles. The molecule has 0 unspecified atom stereocenters. The van der Waals surface area contributed by atoms with E-state index >= 15 is 0 Å².